The van der Waals surface area contributed by atoms with Gasteiger partial charge in [0.15, 0.2) is 0 Å². The molecular weight excluding hydrogens is 212 g/mol. The fourth-order valence-electron chi connectivity index (χ4n) is 1.63. The van der Waals surface area contributed by atoms with Gasteiger partial charge in [-0.3, -0.25) is 0 Å². The monoisotopic (exact) mass is 234 g/mol. The SMILES string of the molecule is C=Cc1cccc(OC(C)(CC)OC(C)C)c1. The Balaban J connectivity index is 2.82. The highest BCUT2D eigenvalue weighted by atomic mass is 16.7. The van der Waals surface area contributed by atoms with Crippen molar-refractivity contribution >= 4 is 6.08 Å². The topological polar surface area (TPSA) is 18.5 Å². The summed E-state index contributed by atoms with van der Waals surface area (Å²) in [7, 11) is 0. The largest absolute Gasteiger partial charge is 0.463 e. The second kappa shape index (κ2) is 5.87. The zero-order chi connectivity index (χ0) is 12.9. The Morgan fingerprint density at radius 2 is 2.12 bits per heavy atom. The Morgan fingerprint density at radius 1 is 1.41 bits per heavy atom. The number of hydrogen-bond donors (Lipinski definition) is 0. The summed E-state index contributed by atoms with van der Waals surface area (Å²) in [4.78, 5) is 0. The van der Waals surface area contributed by atoms with Crippen LogP contribution in [0.15, 0.2) is 30.8 Å². The second-order valence-corrected chi connectivity index (χ2v) is 4.53. The minimum atomic E-state index is -0.575. The minimum Gasteiger partial charge on any atom is -0.463 e. The van der Waals surface area contributed by atoms with Crippen molar-refractivity contribution in [3.63, 3.8) is 0 Å². The Kier molecular flexibility index (Phi) is 4.76. The standard InChI is InChI=1S/C15H22O2/c1-6-13-9-8-10-14(11-13)17-15(5,7-2)16-12(3)4/h6,8-12H,1,7H2,2-5H3. The van der Waals surface area contributed by atoms with Crippen molar-refractivity contribution in [2.45, 2.75) is 46.0 Å². The molecule has 0 bridgehead atoms. The third-order valence-corrected chi connectivity index (χ3v) is 2.55. The van der Waals surface area contributed by atoms with E-state index >= 15 is 0 Å². The first-order chi connectivity index (χ1) is 7.99. The van der Waals surface area contributed by atoms with Crippen LogP contribution >= 0.6 is 0 Å². The van der Waals surface area contributed by atoms with Gasteiger partial charge in [0.25, 0.3) is 0 Å². The Labute approximate surface area is 104 Å². The summed E-state index contributed by atoms with van der Waals surface area (Å²) in [6.45, 7) is 11.8. The van der Waals surface area contributed by atoms with E-state index in [1.165, 1.54) is 0 Å². The predicted molar refractivity (Wildman–Crippen MR) is 72.1 cm³/mol. The fraction of sp³-hybridized carbons (Fsp3) is 0.467. The first-order valence-corrected chi connectivity index (χ1v) is 6.08. The van der Waals surface area contributed by atoms with Crippen LogP contribution < -0.4 is 4.74 Å². The summed E-state index contributed by atoms with van der Waals surface area (Å²) >= 11 is 0. The average Bonchev–Trinajstić information content (AvgIpc) is 2.28. The lowest BCUT2D eigenvalue weighted by Crippen LogP contribution is -2.37. The first-order valence-electron chi connectivity index (χ1n) is 6.08. The van der Waals surface area contributed by atoms with Gasteiger partial charge < -0.3 is 9.47 Å². The Bertz CT molecular complexity index is 371. The maximum Gasteiger partial charge on any atom is 0.207 e. The van der Waals surface area contributed by atoms with E-state index in [4.69, 9.17) is 9.47 Å². The molecule has 0 aliphatic carbocycles. The van der Waals surface area contributed by atoms with Gasteiger partial charge in [-0.1, -0.05) is 31.7 Å². The van der Waals surface area contributed by atoms with Gasteiger partial charge in [-0.2, -0.15) is 0 Å². The number of rotatable bonds is 6. The molecule has 1 aromatic rings. The van der Waals surface area contributed by atoms with Crippen LogP contribution in [0.25, 0.3) is 6.08 Å². The molecule has 94 valence electrons. The second-order valence-electron chi connectivity index (χ2n) is 4.53. The molecule has 0 fully saturated rings. The van der Waals surface area contributed by atoms with E-state index in [9.17, 15) is 0 Å². The summed E-state index contributed by atoms with van der Waals surface area (Å²) in [5, 5.41) is 0. The summed E-state index contributed by atoms with van der Waals surface area (Å²) in [6, 6.07) is 7.85. The highest BCUT2D eigenvalue weighted by Gasteiger charge is 2.26. The van der Waals surface area contributed by atoms with E-state index in [0.717, 1.165) is 17.7 Å². The molecule has 2 nitrogen and oxygen atoms in total. The molecule has 0 heterocycles. The van der Waals surface area contributed by atoms with Crippen molar-refractivity contribution in [1.29, 1.82) is 0 Å². The summed E-state index contributed by atoms with van der Waals surface area (Å²) < 4.78 is 11.8. The van der Waals surface area contributed by atoms with Crippen molar-refractivity contribution in [2.75, 3.05) is 0 Å². The molecule has 2 heteroatoms. The predicted octanol–water partition coefficient (Wildman–Crippen LogP) is 4.26. The van der Waals surface area contributed by atoms with E-state index in [1.807, 2.05) is 45.0 Å². The first kappa shape index (κ1) is 13.8. The number of ether oxygens (including phenoxy) is 2. The number of hydrogen-bond acceptors (Lipinski definition) is 2. The van der Waals surface area contributed by atoms with E-state index in [0.29, 0.717) is 0 Å². The van der Waals surface area contributed by atoms with Crippen LogP contribution in [-0.2, 0) is 4.74 Å². The molecule has 0 aliphatic rings. The van der Waals surface area contributed by atoms with Crippen LogP contribution in [0.3, 0.4) is 0 Å². The van der Waals surface area contributed by atoms with E-state index < -0.39 is 5.79 Å². The van der Waals surface area contributed by atoms with Crippen LogP contribution in [0.4, 0.5) is 0 Å². The lowest BCUT2D eigenvalue weighted by Gasteiger charge is -2.31. The van der Waals surface area contributed by atoms with Gasteiger partial charge >= 0.3 is 0 Å². The zero-order valence-corrected chi connectivity index (χ0v) is 11.2. The zero-order valence-electron chi connectivity index (χ0n) is 11.2. The summed E-state index contributed by atoms with van der Waals surface area (Å²) in [5.74, 6) is 0.237. The molecule has 0 radical (unpaired) electrons. The van der Waals surface area contributed by atoms with E-state index in [1.54, 1.807) is 6.08 Å². The molecular formula is C15H22O2. The Morgan fingerprint density at radius 3 is 2.65 bits per heavy atom. The third-order valence-electron chi connectivity index (χ3n) is 2.55. The van der Waals surface area contributed by atoms with Crippen LogP contribution in [0, 0.1) is 0 Å². The lowest BCUT2D eigenvalue weighted by atomic mass is 10.2. The fourth-order valence-corrected chi connectivity index (χ4v) is 1.63. The van der Waals surface area contributed by atoms with Crippen molar-refractivity contribution in [2.24, 2.45) is 0 Å². The molecule has 0 N–H and O–H groups in total. The highest BCUT2D eigenvalue weighted by molar-refractivity contribution is 5.49. The molecule has 1 atom stereocenters. The maximum atomic E-state index is 5.93. The highest BCUT2D eigenvalue weighted by Crippen LogP contribution is 2.24. The molecule has 1 aromatic carbocycles. The smallest absolute Gasteiger partial charge is 0.207 e. The van der Waals surface area contributed by atoms with Crippen LogP contribution in [-0.4, -0.2) is 11.9 Å². The molecule has 0 aliphatic heterocycles. The van der Waals surface area contributed by atoms with Crippen LogP contribution in [0.5, 0.6) is 5.75 Å². The average molecular weight is 234 g/mol. The Hall–Kier alpha value is -1.28. The molecule has 0 spiro atoms. The molecule has 1 unspecified atom stereocenters. The third kappa shape index (κ3) is 4.23. The van der Waals surface area contributed by atoms with E-state index in [-0.39, 0.29) is 6.10 Å². The van der Waals surface area contributed by atoms with Crippen LogP contribution in [0.1, 0.15) is 39.7 Å². The van der Waals surface area contributed by atoms with Crippen molar-refractivity contribution in [1.82, 2.24) is 0 Å². The molecule has 0 saturated carbocycles. The van der Waals surface area contributed by atoms with Gasteiger partial charge in [0.1, 0.15) is 5.75 Å². The van der Waals surface area contributed by atoms with Crippen molar-refractivity contribution < 1.29 is 9.47 Å². The van der Waals surface area contributed by atoms with Gasteiger partial charge in [0, 0.05) is 13.3 Å². The molecule has 0 saturated heterocycles. The van der Waals surface area contributed by atoms with Crippen molar-refractivity contribution in [3.05, 3.63) is 36.4 Å². The summed E-state index contributed by atoms with van der Waals surface area (Å²) in [6.07, 6.45) is 2.74. The number of benzene rings is 1. The van der Waals surface area contributed by atoms with Gasteiger partial charge in [0.2, 0.25) is 5.79 Å². The van der Waals surface area contributed by atoms with Gasteiger partial charge in [-0.25, -0.2) is 0 Å². The quantitative estimate of drug-likeness (QED) is 0.685. The van der Waals surface area contributed by atoms with E-state index in [2.05, 4.69) is 13.5 Å². The van der Waals surface area contributed by atoms with Crippen molar-refractivity contribution in [3.8, 4) is 5.75 Å². The molecule has 17 heavy (non-hydrogen) atoms. The normalized spacial score (nSPS) is 14.4. The van der Waals surface area contributed by atoms with Gasteiger partial charge in [-0.05, 0) is 31.5 Å². The van der Waals surface area contributed by atoms with Crippen LogP contribution in [0.2, 0.25) is 0 Å². The maximum absolute atomic E-state index is 5.93. The molecule has 1 rings (SSSR count). The summed E-state index contributed by atoms with van der Waals surface area (Å²) in [5.41, 5.74) is 1.05. The van der Waals surface area contributed by atoms with Gasteiger partial charge in [0.05, 0.1) is 6.10 Å². The lowest BCUT2D eigenvalue weighted by molar-refractivity contribution is -0.193. The molecule has 0 amide bonds. The van der Waals surface area contributed by atoms with Gasteiger partial charge in [-0.15, -0.1) is 0 Å². The minimum absolute atomic E-state index is 0.141. The molecule has 0 aromatic heterocycles.